The van der Waals surface area contributed by atoms with E-state index in [0.717, 1.165) is 19.4 Å². The first-order valence-corrected chi connectivity index (χ1v) is 4.91. The van der Waals surface area contributed by atoms with Crippen LogP contribution >= 0.6 is 0 Å². The lowest BCUT2D eigenvalue weighted by Crippen LogP contribution is -2.31. The van der Waals surface area contributed by atoms with Crippen LogP contribution < -0.4 is 0 Å². The van der Waals surface area contributed by atoms with Crippen molar-refractivity contribution in [1.82, 2.24) is 0 Å². The third-order valence-electron chi connectivity index (χ3n) is 2.54. The van der Waals surface area contributed by atoms with Gasteiger partial charge in [0.15, 0.2) is 0 Å². The van der Waals surface area contributed by atoms with E-state index in [1.807, 2.05) is 0 Å². The van der Waals surface area contributed by atoms with Crippen molar-refractivity contribution >= 4 is 0 Å². The van der Waals surface area contributed by atoms with Gasteiger partial charge < -0.3 is 9.84 Å². The summed E-state index contributed by atoms with van der Waals surface area (Å²) >= 11 is 0. The number of hydrogen-bond donors (Lipinski definition) is 1. The normalized spacial score (nSPS) is 32.8. The maximum Gasteiger partial charge on any atom is 0.0860 e. The summed E-state index contributed by atoms with van der Waals surface area (Å²) in [5, 5.41) is 9.76. The van der Waals surface area contributed by atoms with Gasteiger partial charge >= 0.3 is 0 Å². The molecule has 0 bridgehead atoms. The first-order valence-electron chi connectivity index (χ1n) is 4.91. The molecule has 1 N–H and O–H groups in total. The fourth-order valence-electron chi connectivity index (χ4n) is 1.83. The second kappa shape index (κ2) is 4.24. The average molecular weight is 172 g/mol. The highest BCUT2D eigenvalue weighted by Crippen LogP contribution is 2.25. The zero-order chi connectivity index (χ0) is 9.14. The summed E-state index contributed by atoms with van der Waals surface area (Å²) in [6, 6.07) is 0. The van der Waals surface area contributed by atoms with Crippen LogP contribution in [-0.4, -0.2) is 23.9 Å². The van der Waals surface area contributed by atoms with Gasteiger partial charge in [-0.1, -0.05) is 20.8 Å². The monoisotopic (exact) mass is 172 g/mol. The predicted octanol–water partition coefficient (Wildman–Crippen LogP) is 1.82. The first kappa shape index (κ1) is 10.0. The SMILES string of the molecule is CC(C)CC(O)C1OCCC1C. The Kier molecular flexibility index (Phi) is 3.53. The van der Waals surface area contributed by atoms with E-state index in [-0.39, 0.29) is 12.2 Å². The van der Waals surface area contributed by atoms with E-state index >= 15 is 0 Å². The third kappa shape index (κ3) is 2.46. The van der Waals surface area contributed by atoms with E-state index in [4.69, 9.17) is 4.74 Å². The van der Waals surface area contributed by atoms with Gasteiger partial charge in [-0.05, 0) is 24.7 Å². The summed E-state index contributed by atoms with van der Waals surface area (Å²) in [7, 11) is 0. The second-order valence-electron chi connectivity index (χ2n) is 4.30. The van der Waals surface area contributed by atoms with Gasteiger partial charge in [-0.3, -0.25) is 0 Å². The Labute approximate surface area is 74.9 Å². The highest BCUT2D eigenvalue weighted by Gasteiger charge is 2.30. The highest BCUT2D eigenvalue weighted by molar-refractivity contribution is 4.79. The van der Waals surface area contributed by atoms with Crippen LogP contribution in [0.4, 0.5) is 0 Å². The Balaban J connectivity index is 2.35. The van der Waals surface area contributed by atoms with E-state index in [0.29, 0.717) is 11.8 Å². The van der Waals surface area contributed by atoms with Crippen molar-refractivity contribution < 1.29 is 9.84 Å². The molecule has 0 aliphatic carbocycles. The molecule has 0 aromatic rings. The predicted molar refractivity (Wildman–Crippen MR) is 49.0 cm³/mol. The van der Waals surface area contributed by atoms with Crippen LogP contribution in [0.25, 0.3) is 0 Å². The van der Waals surface area contributed by atoms with Gasteiger partial charge in [-0.15, -0.1) is 0 Å². The summed E-state index contributed by atoms with van der Waals surface area (Å²) in [4.78, 5) is 0. The molecule has 1 saturated heterocycles. The number of aliphatic hydroxyl groups excluding tert-OH is 1. The van der Waals surface area contributed by atoms with Crippen LogP contribution in [0.15, 0.2) is 0 Å². The summed E-state index contributed by atoms with van der Waals surface area (Å²) < 4.78 is 5.48. The summed E-state index contributed by atoms with van der Waals surface area (Å²) in [6.07, 6.45) is 1.78. The Hall–Kier alpha value is -0.0800. The maximum absolute atomic E-state index is 9.76. The Morgan fingerprint density at radius 3 is 2.58 bits per heavy atom. The molecule has 1 rings (SSSR count). The molecular weight excluding hydrogens is 152 g/mol. The van der Waals surface area contributed by atoms with Crippen molar-refractivity contribution in [3.8, 4) is 0 Å². The van der Waals surface area contributed by atoms with Crippen molar-refractivity contribution in [3.05, 3.63) is 0 Å². The van der Waals surface area contributed by atoms with E-state index in [1.165, 1.54) is 0 Å². The van der Waals surface area contributed by atoms with Crippen molar-refractivity contribution in [3.63, 3.8) is 0 Å². The standard InChI is InChI=1S/C10H20O2/c1-7(2)6-9(11)10-8(3)4-5-12-10/h7-11H,4-6H2,1-3H3. The van der Waals surface area contributed by atoms with E-state index in [9.17, 15) is 5.11 Å². The Morgan fingerprint density at radius 2 is 2.17 bits per heavy atom. The lowest BCUT2D eigenvalue weighted by Gasteiger charge is -2.22. The summed E-state index contributed by atoms with van der Waals surface area (Å²) in [5.74, 6) is 1.08. The lowest BCUT2D eigenvalue weighted by molar-refractivity contribution is -0.0252. The molecule has 0 radical (unpaired) electrons. The van der Waals surface area contributed by atoms with E-state index < -0.39 is 0 Å². The fourth-order valence-corrected chi connectivity index (χ4v) is 1.83. The molecular formula is C10H20O2. The minimum atomic E-state index is -0.262. The minimum Gasteiger partial charge on any atom is -0.390 e. The molecule has 1 aliphatic heterocycles. The molecule has 1 fully saturated rings. The van der Waals surface area contributed by atoms with Crippen molar-refractivity contribution in [2.75, 3.05) is 6.61 Å². The Morgan fingerprint density at radius 1 is 1.50 bits per heavy atom. The number of hydrogen-bond acceptors (Lipinski definition) is 2. The van der Waals surface area contributed by atoms with E-state index in [1.54, 1.807) is 0 Å². The largest absolute Gasteiger partial charge is 0.390 e. The third-order valence-corrected chi connectivity index (χ3v) is 2.54. The van der Waals surface area contributed by atoms with Crippen molar-refractivity contribution in [1.29, 1.82) is 0 Å². The summed E-state index contributed by atoms with van der Waals surface area (Å²) in [6.45, 7) is 7.23. The van der Waals surface area contributed by atoms with Crippen LogP contribution in [0, 0.1) is 11.8 Å². The Bertz CT molecular complexity index is 134. The molecule has 3 atom stereocenters. The smallest absolute Gasteiger partial charge is 0.0860 e. The zero-order valence-electron chi connectivity index (χ0n) is 8.29. The van der Waals surface area contributed by atoms with Crippen LogP contribution in [0.2, 0.25) is 0 Å². The van der Waals surface area contributed by atoms with Crippen LogP contribution in [0.1, 0.15) is 33.6 Å². The minimum absolute atomic E-state index is 0.0902. The molecule has 1 aliphatic rings. The quantitative estimate of drug-likeness (QED) is 0.703. The van der Waals surface area contributed by atoms with E-state index in [2.05, 4.69) is 20.8 Å². The van der Waals surface area contributed by atoms with Gasteiger partial charge in [0.1, 0.15) is 0 Å². The molecule has 2 nitrogen and oxygen atoms in total. The molecule has 0 spiro atoms. The van der Waals surface area contributed by atoms with Crippen LogP contribution in [0.5, 0.6) is 0 Å². The lowest BCUT2D eigenvalue weighted by atomic mass is 9.94. The molecule has 0 aromatic heterocycles. The molecule has 0 amide bonds. The first-order chi connectivity index (χ1) is 5.61. The second-order valence-corrected chi connectivity index (χ2v) is 4.30. The molecule has 1 heterocycles. The van der Waals surface area contributed by atoms with Gasteiger partial charge in [0.2, 0.25) is 0 Å². The number of aliphatic hydroxyl groups is 1. The molecule has 12 heavy (non-hydrogen) atoms. The number of ether oxygens (including phenoxy) is 1. The van der Waals surface area contributed by atoms with Crippen LogP contribution in [0.3, 0.4) is 0 Å². The molecule has 0 aromatic carbocycles. The summed E-state index contributed by atoms with van der Waals surface area (Å²) in [5.41, 5.74) is 0. The van der Waals surface area contributed by atoms with Crippen molar-refractivity contribution in [2.45, 2.75) is 45.8 Å². The van der Waals surface area contributed by atoms with Gasteiger partial charge in [0.25, 0.3) is 0 Å². The van der Waals surface area contributed by atoms with Crippen LogP contribution in [-0.2, 0) is 4.74 Å². The van der Waals surface area contributed by atoms with Gasteiger partial charge in [-0.2, -0.15) is 0 Å². The molecule has 72 valence electrons. The van der Waals surface area contributed by atoms with Gasteiger partial charge in [-0.25, -0.2) is 0 Å². The molecule has 2 heteroatoms. The van der Waals surface area contributed by atoms with Gasteiger partial charge in [0, 0.05) is 6.61 Å². The molecule has 0 saturated carbocycles. The topological polar surface area (TPSA) is 29.5 Å². The maximum atomic E-state index is 9.76. The fraction of sp³-hybridized carbons (Fsp3) is 1.00. The van der Waals surface area contributed by atoms with Gasteiger partial charge in [0.05, 0.1) is 12.2 Å². The average Bonchev–Trinajstić information content (AvgIpc) is 2.33. The van der Waals surface area contributed by atoms with Crippen molar-refractivity contribution in [2.24, 2.45) is 11.8 Å². The zero-order valence-corrected chi connectivity index (χ0v) is 8.29. The molecule has 3 unspecified atom stereocenters. The highest BCUT2D eigenvalue weighted by atomic mass is 16.5. The number of rotatable bonds is 3.